The molecule has 0 heterocycles. The van der Waals surface area contributed by atoms with Crippen molar-refractivity contribution < 1.29 is 22.6 Å². The second-order valence-corrected chi connectivity index (χ2v) is 1.60. The number of rotatable bonds is 2. The largest absolute Gasteiger partial charge is 0.673 e. The van der Waals surface area contributed by atoms with Crippen LogP contribution in [0.25, 0.3) is 0 Å². The quantitative estimate of drug-likeness (QED) is 0.457. The average molecular weight is 161 g/mol. The molecule has 0 amide bonds. The smallest absolute Gasteiger partial charge is 0.418 e. The van der Waals surface area contributed by atoms with Crippen LogP contribution in [0.5, 0.6) is 0 Å². The summed E-state index contributed by atoms with van der Waals surface area (Å²) < 4.78 is 39.0. The summed E-state index contributed by atoms with van der Waals surface area (Å²) >= 11 is 0. The third-order valence-corrected chi connectivity index (χ3v) is 0.577. The molecule has 2 N–H and O–H groups in total. The van der Waals surface area contributed by atoms with Crippen molar-refractivity contribution in [3.05, 3.63) is 0 Å². The molecule has 0 aliphatic rings. The van der Waals surface area contributed by atoms with Gasteiger partial charge in [0.1, 0.15) is 0 Å². The van der Waals surface area contributed by atoms with E-state index in [1.54, 1.807) is 0 Å². The molecule has 0 rings (SSSR count). The third-order valence-electron chi connectivity index (χ3n) is 0.577. The predicted molar refractivity (Wildman–Crippen MR) is 33.2 cm³/mol. The van der Waals surface area contributed by atoms with Gasteiger partial charge >= 0.3 is 7.25 Å². The van der Waals surface area contributed by atoms with Gasteiger partial charge in [0, 0.05) is 0 Å². The standard InChI is InChI=1S/C4H11N.BF4/c1-3-5-4-2;2-1(3,4)5/h5H,3-4H2,1-2H3;/q;-1/p+1. The van der Waals surface area contributed by atoms with Crippen LogP contribution in [0.2, 0.25) is 0 Å². The lowest BCUT2D eigenvalue weighted by Crippen LogP contribution is -2.82. The van der Waals surface area contributed by atoms with E-state index in [2.05, 4.69) is 19.2 Å². The van der Waals surface area contributed by atoms with E-state index in [1.807, 2.05) is 0 Å². The molecule has 0 aliphatic heterocycles. The summed E-state index contributed by atoms with van der Waals surface area (Å²) in [5.41, 5.74) is 0. The van der Waals surface area contributed by atoms with E-state index in [-0.39, 0.29) is 0 Å². The van der Waals surface area contributed by atoms with Gasteiger partial charge in [-0.15, -0.1) is 0 Å². The van der Waals surface area contributed by atoms with Gasteiger partial charge in [-0.05, 0) is 13.8 Å². The monoisotopic (exact) mass is 161 g/mol. The van der Waals surface area contributed by atoms with E-state index in [1.165, 1.54) is 13.1 Å². The van der Waals surface area contributed by atoms with Gasteiger partial charge in [-0.2, -0.15) is 0 Å². The fourth-order valence-electron chi connectivity index (χ4n) is 0.289. The van der Waals surface area contributed by atoms with Gasteiger partial charge in [0.05, 0.1) is 13.1 Å². The Balaban J connectivity index is 0. The Morgan fingerprint density at radius 1 is 1.00 bits per heavy atom. The Bertz CT molecular complexity index is 56.8. The van der Waals surface area contributed by atoms with E-state index in [9.17, 15) is 17.3 Å². The van der Waals surface area contributed by atoms with E-state index in [4.69, 9.17) is 0 Å². The zero-order valence-corrected chi connectivity index (χ0v) is 6.08. The van der Waals surface area contributed by atoms with E-state index < -0.39 is 7.25 Å². The van der Waals surface area contributed by atoms with Gasteiger partial charge in [0.2, 0.25) is 0 Å². The highest BCUT2D eigenvalue weighted by Gasteiger charge is 2.20. The molecule has 0 saturated heterocycles. The van der Waals surface area contributed by atoms with Gasteiger partial charge in [-0.3, -0.25) is 0 Å². The molecular formula is C4H12BF4N. The maximum absolute atomic E-state index is 9.75. The summed E-state index contributed by atoms with van der Waals surface area (Å²) in [6.07, 6.45) is 0. The van der Waals surface area contributed by atoms with E-state index in [0.29, 0.717) is 0 Å². The molecule has 1 nitrogen and oxygen atoms in total. The fourth-order valence-corrected chi connectivity index (χ4v) is 0.289. The minimum absolute atomic E-state index is 1.22. The van der Waals surface area contributed by atoms with Crippen LogP contribution in [0, 0.1) is 0 Å². The molecule has 10 heavy (non-hydrogen) atoms. The maximum atomic E-state index is 9.75. The van der Waals surface area contributed by atoms with Crippen molar-refractivity contribution in [2.75, 3.05) is 13.1 Å². The van der Waals surface area contributed by atoms with Crippen molar-refractivity contribution in [3.63, 3.8) is 0 Å². The van der Waals surface area contributed by atoms with Crippen LogP contribution in [0.3, 0.4) is 0 Å². The lowest BCUT2D eigenvalue weighted by Gasteiger charge is -1.94. The van der Waals surface area contributed by atoms with Crippen LogP contribution < -0.4 is 5.32 Å². The molecule has 0 saturated carbocycles. The van der Waals surface area contributed by atoms with E-state index >= 15 is 0 Å². The summed E-state index contributed by atoms with van der Waals surface area (Å²) in [6.45, 7) is 6.75. The number of quaternary nitrogens is 1. The minimum atomic E-state index is -6.00. The first-order chi connectivity index (χ1) is 4.41. The molecule has 0 bridgehead atoms. The Morgan fingerprint density at radius 3 is 1.20 bits per heavy atom. The molecule has 0 fully saturated rings. The summed E-state index contributed by atoms with van der Waals surface area (Å²) in [4.78, 5) is 0. The fraction of sp³-hybridized carbons (Fsp3) is 1.00. The highest BCUT2D eigenvalue weighted by molar-refractivity contribution is 6.50. The van der Waals surface area contributed by atoms with Crippen LogP contribution in [0.1, 0.15) is 13.8 Å². The second-order valence-electron chi connectivity index (χ2n) is 1.60. The number of nitrogens with two attached hydrogens (primary N) is 1. The SMILES string of the molecule is CC[NH2+]CC.F[B-](F)(F)F. The maximum Gasteiger partial charge on any atom is 0.673 e. The van der Waals surface area contributed by atoms with Crippen LogP contribution in [-0.2, 0) is 0 Å². The molecule has 0 spiro atoms. The normalized spacial score (nSPS) is 10.2. The molecule has 0 aromatic rings. The van der Waals surface area contributed by atoms with Crippen molar-refractivity contribution in [2.45, 2.75) is 13.8 Å². The van der Waals surface area contributed by atoms with Crippen molar-refractivity contribution in [2.24, 2.45) is 0 Å². The Labute approximate surface area is 57.9 Å². The number of hydrogen-bond donors (Lipinski definition) is 1. The van der Waals surface area contributed by atoms with Gasteiger partial charge in [-0.25, -0.2) is 0 Å². The summed E-state index contributed by atoms with van der Waals surface area (Å²) in [5, 5.41) is 2.25. The average Bonchev–Trinajstić information content (AvgIpc) is 1.63. The van der Waals surface area contributed by atoms with Gasteiger partial charge in [0.15, 0.2) is 0 Å². The van der Waals surface area contributed by atoms with Gasteiger partial charge in [-0.1, -0.05) is 0 Å². The van der Waals surface area contributed by atoms with Crippen molar-refractivity contribution in [1.29, 1.82) is 0 Å². The van der Waals surface area contributed by atoms with Crippen LogP contribution in [0.4, 0.5) is 17.3 Å². The van der Waals surface area contributed by atoms with Crippen LogP contribution in [0.15, 0.2) is 0 Å². The highest BCUT2D eigenvalue weighted by Crippen LogP contribution is 2.06. The topological polar surface area (TPSA) is 16.6 Å². The Morgan fingerprint density at radius 2 is 1.20 bits per heavy atom. The Hall–Kier alpha value is -0.255. The van der Waals surface area contributed by atoms with E-state index in [0.717, 1.165) is 0 Å². The zero-order valence-electron chi connectivity index (χ0n) is 6.08. The van der Waals surface area contributed by atoms with Gasteiger partial charge in [0.25, 0.3) is 0 Å². The Kier molecular flexibility index (Phi) is 8.52. The van der Waals surface area contributed by atoms with Crippen LogP contribution >= 0.6 is 0 Å². The molecule has 64 valence electrons. The lowest BCUT2D eigenvalue weighted by atomic mass is 10.3. The zero-order chi connectivity index (χ0) is 8.62. The third kappa shape index (κ3) is 116. The molecule has 0 unspecified atom stereocenters. The predicted octanol–water partition coefficient (Wildman–Crippen LogP) is 0.890. The molecule has 0 atom stereocenters. The number of halogens is 4. The molecule has 6 heteroatoms. The van der Waals surface area contributed by atoms with Crippen molar-refractivity contribution >= 4 is 7.25 Å². The number of hydrogen-bond acceptors (Lipinski definition) is 0. The molecule has 0 aliphatic carbocycles. The summed E-state index contributed by atoms with van der Waals surface area (Å²) in [5.74, 6) is 0. The first kappa shape index (κ1) is 12.4. The molecule has 0 radical (unpaired) electrons. The molecular weight excluding hydrogens is 149 g/mol. The minimum Gasteiger partial charge on any atom is -0.418 e. The van der Waals surface area contributed by atoms with Gasteiger partial charge < -0.3 is 22.6 Å². The molecule has 0 aromatic heterocycles. The summed E-state index contributed by atoms with van der Waals surface area (Å²) in [6, 6.07) is 0. The second kappa shape index (κ2) is 6.86. The lowest BCUT2D eigenvalue weighted by molar-refractivity contribution is -0.648. The summed E-state index contributed by atoms with van der Waals surface area (Å²) in [7, 11) is -6.00. The van der Waals surface area contributed by atoms with Crippen molar-refractivity contribution in [3.8, 4) is 0 Å². The first-order valence-corrected chi connectivity index (χ1v) is 3.10. The first-order valence-electron chi connectivity index (χ1n) is 3.10. The molecule has 0 aromatic carbocycles. The van der Waals surface area contributed by atoms with Crippen LogP contribution in [-0.4, -0.2) is 20.3 Å². The van der Waals surface area contributed by atoms with Crippen molar-refractivity contribution in [1.82, 2.24) is 0 Å². The highest BCUT2D eigenvalue weighted by atomic mass is 19.5.